The van der Waals surface area contributed by atoms with Crippen molar-refractivity contribution in [3.63, 3.8) is 0 Å². The van der Waals surface area contributed by atoms with Crippen LogP contribution in [-0.2, 0) is 4.79 Å². The molecule has 0 spiro atoms. The molecule has 1 heterocycles. The molecule has 0 saturated heterocycles. The van der Waals surface area contributed by atoms with Crippen LogP contribution < -0.4 is 4.90 Å². The van der Waals surface area contributed by atoms with E-state index in [0.29, 0.717) is 36.9 Å². The van der Waals surface area contributed by atoms with Crippen LogP contribution in [0.3, 0.4) is 0 Å². The number of amides is 1. The molecule has 0 aliphatic heterocycles. The zero-order valence-corrected chi connectivity index (χ0v) is 17.6. The Labute approximate surface area is 171 Å². The number of thiophene rings is 1. The first kappa shape index (κ1) is 21.1. The third-order valence-electron chi connectivity index (χ3n) is 5.88. The predicted octanol–water partition coefficient (Wildman–Crippen LogP) is 4.81. The number of rotatable bonds is 8. The van der Waals surface area contributed by atoms with E-state index in [1.54, 1.807) is 11.8 Å². The fourth-order valence-electron chi connectivity index (χ4n) is 4.23. The summed E-state index contributed by atoms with van der Waals surface area (Å²) in [5.41, 5.74) is 0.553. The molecule has 154 valence electrons. The standard InChI is InChI=1S/C22H31NO4S/c1-14-11-17(12-14)21(25)23(10-6-7-15(2)24)18-13-19(28-20(18)22(26)27)16-8-4-3-5-9-16/h3-4,13-17,24H,5-12H2,1-2H3,(H,26,27). The van der Waals surface area contributed by atoms with E-state index in [-0.39, 0.29) is 16.7 Å². The smallest absolute Gasteiger partial charge is 0.348 e. The normalized spacial score (nSPS) is 25.2. The Morgan fingerprint density at radius 3 is 2.64 bits per heavy atom. The van der Waals surface area contributed by atoms with Crippen molar-refractivity contribution >= 4 is 28.9 Å². The van der Waals surface area contributed by atoms with Gasteiger partial charge in [0.05, 0.1) is 11.8 Å². The quantitative estimate of drug-likeness (QED) is 0.609. The Balaban J connectivity index is 1.88. The molecule has 28 heavy (non-hydrogen) atoms. The third-order valence-corrected chi connectivity index (χ3v) is 7.16. The molecule has 2 unspecified atom stereocenters. The van der Waals surface area contributed by atoms with Crippen LogP contribution in [0.4, 0.5) is 5.69 Å². The van der Waals surface area contributed by atoms with Gasteiger partial charge in [-0.2, -0.15) is 0 Å². The van der Waals surface area contributed by atoms with E-state index in [1.807, 2.05) is 6.07 Å². The molecule has 2 aliphatic rings. The fourth-order valence-corrected chi connectivity index (χ4v) is 5.37. The number of carboxylic acids is 1. The molecule has 1 amide bonds. The van der Waals surface area contributed by atoms with Gasteiger partial charge in [-0.25, -0.2) is 4.79 Å². The molecule has 1 saturated carbocycles. The van der Waals surface area contributed by atoms with Crippen molar-refractivity contribution < 1.29 is 19.8 Å². The maximum absolute atomic E-state index is 13.2. The minimum Gasteiger partial charge on any atom is -0.477 e. The monoisotopic (exact) mass is 405 g/mol. The Bertz CT molecular complexity index is 733. The van der Waals surface area contributed by atoms with E-state index in [2.05, 4.69) is 19.1 Å². The van der Waals surface area contributed by atoms with Gasteiger partial charge in [-0.05, 0) is 69.8 Å². The second-order valence-electron chi connectivity index (χ2n) is 8.40. The first-order valence-electron chi connectivity index (χ1n) is 10.4. The number of aromatic carboxylic acids is 1. The highest BCUT2D eigenvalue weighted by Gasteiger charge is 2.36. The average molecular weight is 406 g/mol. The van der Waals surface area contributed by atoms with Crippen LogP contribution in [0, 0.1) is 11.8 Å². The van der Waals surface area contributed by atoms with Crippen LogP contribution in [0.25, 0.3) is 0 Å². The van der Waals surface area contributed by atoms with Crippen molar-refractivity contribution in [3.05, 3.63) is 28.0 Å². The van der Waals surface area contributed by atoms with Gasteiger partial charge >= 0.3 is 5.97 Å². The lowest BCUT2D eigenvalue weighted by atomic mass is 9.75. The van der Waals surface area contributed by atoms with E-state index in [9.17, 15) is 19.8 Å². The number of hydrogen-bond donors (Lipinski definition) is 2. The van der Waals surface area contributed by atoms with Crippen molar-refractivity contribution in [1.82, 2.24) is 0 Å². The Morgan fingerprint density at radius 1 is 1.32 bits per heavy atom. The summed E-state index contributed by atoms with van der Waals surface area (Å²) < 4.78 is 0. The summed E-state index contributed by atoms with van der Waals surface area (Å²) in [4.78, 5) is 28.1. The number of carboxylic acid groups (broad SMARTS) is 1. The van der Waals surface area contributed by atoms with Gasteiger partial charge in [0.2, 0.25) is 5.91 Å². The maximum atomic E-state index is 13.2. The van der Waals surface area contributed by atoms with Gasteiger partial charge < -0.3 is 15.1 Å². The Hall–Kier alpha value is -1.66. The number of carbonyl (C=O) groups is 2. The summed E-state index contributed by atoms with van der Waals surface area (Å²) >= 11 is 1.32. The van der Waals surface area contributed by atoms with Gasteiger partial charge in [-0.1, -0.05) is 19.1 Å². The van der Waals surface area contributed by atoms with Gasteiger partial charge in [0.25, 0.3) is 0 Å². The number of aliphatic hydroxyl groups is 1. The van der Waals surface area contributed by atoms with E-state index in [0.717, 1.165) is 37.0 Å². The van der Waals surface area contributed by atoms with Crippen LogP contribution in [0.1, 0.15) is 79.3 Å². The van der Waals surface area contributed by atoms with Crippen molar-refractivity contribution in [1.29, 1.82) is 0 Å². The number of aliphatic hydroxyl groups excluding tert-OH is 1. The summed E-state index contributed by atoms with van der Waals surface area (Å²) in [6.45, 7) is 4.33. The molecule has 3 rings (SSSR count). The molecular weight excluding hydrogens is 374 g/mol. The highest BCUT2D eigenvalue weighted by molar-refractivity contribution is 7.14. The lowest BCUT2D eigenvalue weighted by Gasteiger charge is -2.36. The fraction of sp³-hybridized carbons (Fsp3) is 0.636. The number of allylic oxidation sites excluding steroid dienone is 2. The molecule has 6 heteroatoms. The lowest BCUT2D eigenvalue weighted by molar-refractivity contribution is -0.126. The second kappa shape index (κ2) is 9.23. The zero-order valence-electron chi connectivity index (χ0n) is 16.8. The predicted molar refractivity (Wildman–Crippen MR) is 112 cm³/mol. The van der Waals surface area contributed by atoms with Crippen LogP contribution in [-0.4, -0.2) is 34.7 Å². The van der Waals surface area contributed by atoms with Crippen LogP contribution in [0.5, 0.6) is 0 Å². The molecule has 2 aliphatic carbocycles. The first-order chi connectivity index (χ1) is 13.4. The summed E-state index contributed by atoms with van der Waals surface area (Å²) in [6.07, 6.45) is 9.86. The average Bonchev–Trinajstić information content (AvgIpc) is 3.08. The summed E-state index contributed by atoms with van der Waals surface area (Å²) in [5, 5.41) is 19.4. The molecule has 2 N–H and O–H groups in total. The van der Waals surface area contributed by atoms with E-state index in [4.69, 9.17) is 0 Å². The number of hydrogen-bond acceptors (Lipinski definition) is 4. The zero-order chi connectivity index (χ0) is 20.3. The van der Waals surface area contributed by atoms with E-state index < -0.39 is 12.1 Å². The van der Waals surface area contributed by atoms with E-state index >= 15 is 0 Å². The van der Waals surface area contributed by atoms with Crippen molar-refractivity contribution in [3.8, 4) is 0 Å². The molecule has 0 bridgehead atoms. The van der Waals surface area contributed by atoms with Gasteiger partial charge in [-0.15, -0.1) is 11.3 Å². The maximum Gasteiger partial charge on any atom is 0.348 e. The third kappa shape index (κ3) is 4.84. The molecule has 0 radical (unpaired) electrons. The van der Waals surface area contributed by atoms with Gasteiger partial charge in [-0.3, -0.25) is 4.79 Å². The van der Waals surface area contributed by atoms with Crippen molar-refractivity contribution in [2.75, 3.05) is 11.4 Å². The largest absolute Gasteiger partial charge is 0.477 e. The van der Waals surface area contributed by atoms with Crippen LogP contribution in [0.15, 0.2) is 18.2 Å². The molecule has 1 fully saturated rings. The molecule has 5 nitrogen and oxygen atoms in total. The first-order valence-corrected chi connectivity index (χ1v) is 11.2. The van der Waals surface area contributed by atoms with Crippen molar-refractivity contribution in [2.24, 2.45) is 11.8 Å². The van der Waals surface area contributed by atoms with Gasteiger partial charge in [0.15, 0.2) is 0 Å². The summed E-state index contributed by atoms with van der Waals surface area (Å²) in [5.74, 6) is -0.0459. The molecule has 1 aromatic rings. The molecule has 0 aromatic carbocycles. The SMILES string of the molecule is CC(O)CCCN(C(=O)C1CC(C)C1)c1cc(C2CC=CCC2)sc1C(=O)O. The highest BCUT2D eigenvalue weighted by atomic mass is 32.1. The van der Waals surface area contributed by atoms with Gasteiger partial charge in [0, 0.05) is 17.3 Å². The molecule has 1 aromatic heterocycles. The van der Waals surface area contributed by atoms with Gasteiger partial charge in [0.1, 0.15) is 4.88 Å². The highest BCUT2D eigenvalue weighted by Crippen LogP contribution is 2.41. The van der Waals surface area contributed by atoms with Crippen molar-refractivity contribution in [2.45, 2.75) is 70.8 Å². The number of nitrogens with zero attached hydrogens (tertiary/aromatic N) is 1. The van der Waals surface area contributed by atoms with Crippen LogP contribution in [0.2, 0.25) is 0 Å². The second-order valence-corrected chi connectivity index (χ2v) is 9.49. The lowest BCUT2D eigenvalue weighted by Crippen LogP contribution is -2.42. The topological polar surface area (TPSA) is 77.8 Å². The molecule has 2 atom stereocenters. The minimum atomic E-state index is -0.965. The minimum absolute atomic E-state index is 0.0100. The van der Waals surface area contributed by atoms with Crippen LogP contribution >= 0.6 is 11.3 Å². The number of anilines is 1. The number of carbonyl (C=O) groups excluding carboxylic acids is 1. The van der Waals surface area contributed by atoms with E-state index in [1.165, 1.54) is 11.3 Å². The summed E-state index contributed by atoms with van der Waals surface area (Å²) in [6, 6.07) is 1.94. The summed E-state index contributed by atoms with van der Waals surface area (Å²) in [7, 11) is 0. The Morgan fingerprint density at radius 2 is 2.07 bits per heavy atom. The Kier molecular flexibility index (Phi) is 6.94. The molecular formula is C22H31NO4S.